The highest BCUT2D eigenvalue weighted by Crippen LogP contribution is 2.21. The molecule has 0 bridgehead atoms. The van der Waals surface area contributed by atoms with Crippen molar-refractivity contribution in [1.82, 2.24) is 5.32 Å². The van der Waals surface area contributed by atoms with Gasteiger partial charge < -0.3 is 10.1 Å². The highest BCUT2D eigenvalue weighted by Gasteiger charge is 2.23. The third-order valence-corrected chi connectivity index (χ3v) is 4.45. The fraction of sp³-hybridized carbons (Fsp3) is 0.667. The van der Waals surface area contributed by atoms with Gasteiger partial charge >= 0.3 is 0 Å². The normalized spacial score (nSPS) is 20.9. The minimum atomic E-state index is 0.553. The molecular formula is C18H29NO. The Morgan fingerprint density at radius 2 is 2.15 bits per heavy atom. The van der Waals surface area contributed by atoms with Crippen LogP contribution in [-0.2, 0) is 11.2 Å². The molecule has 1 saturated heterocycles. The molecule has 2 heteroatoms. The summed E-state index contributed by atoms with van der Waals surface area (Å²) in [4.78, 5) is 0. The van der Waals surface area contributed by atoms with E-state index >= 15 is 0 Å². The average molecular weight is 275 g/mol. The Morgan fingerprint density at radius 3 is 2.80 bits per heavy atom. The first-order valence-corrected chi connectivity index (χ1v) is 8.08. The molecule has 2 unspecified atom stereocenters. The summed E-state index contributed by atoms with van der Waals surface area (Å²) in [6.07, 6.45) is 4.82. The van der Waals surface area contributed by atoms with Crippen LogP contribution in [0.4, 0.5) is 0 Å². The van der Waals surface area contributed by atoms with E-state index in [2.05, 4.69) is 44.3 Å². The van der Waals surface area contributed by atoms with Crippen LogP contribution in [0.3, 0.4) is 0 Å². The third-order valence-electron chi connectivity index (χ3n) is 4.45. The van der Waals surface area contributed by atoms with E-state index in [0.717, 1.165) is 26.2 Å². The Hall–Kier alpha value is -0.860. The van der Waals surface area contributed by atoms with Gasteiger partial charge in [0.2, 0.25) is 0 Å². The van der Waals surface area contributed by atoms with Gasteiger partial charge in [0.15, 0.2) is 0 Å². The van der Waals surface area contributed by atoms with Gasteiger partial charge in [0.1, 0.15) is 0 Å². The Morgan fingerprint density at radius 1 is 1.30 bits per heavy atom. The molecule has 0 aromatic heterocycles. The quantitative estimate of drug-likeness (QED) is 0.856. The lowest BCUT2D eigenvalue weighted by atomic mass is 9.88. The second-order valence-corrected chi connectivity index (χ2v) is 6.16. The van der Waals surface area contributed by atoms with Gasteiger partial charge in [-0.2, -0.15) is 0 Å². The number of aryl methyl sites for hydroxylation is 2. The minimum absolute atomic E-state index is 0.553. The number of hydrogen-bond acceptors (Lipinski definition) is 2. The van der Waals surface area contributed by atoms with Crippen molar-refractivity contribution in [2.75, 3.05) is 19.8 Å². The molecule has 0 amide bonds. The minimum Gasteiger partial charge on any atom is -0.381 e. The van der Waals surface area contributed by atoms with Gasteiger partial charge in [-0.05, 0) is 68.7 Å². The average Bonchev–Trinajstić information content (AvgIpc) is 2.48. The second-order valence-electron chi connectivity index (χ2n) is 6.16. The molecule has 1 heterocycles. The maximum Gasteiger partial charge on any atom is 0.0509 e. The van der Waals surface area contributed by atoms with Gasteiger partial charge in [-0.1, -0.05) is 25.1 Å². The lowest BCUT2D eigenvalue weighted by molar-refractivity contribution is 0.0393. The molecule has 1 aromatic rings. The molecule has 1 aliphatic heterocycles. The van der Waals surface area contributed by atoms with Crippen LogP contribution in [0.2, 0.25) is 0 Å². The first-order chi connectivity index (χ1) is 9.70. The lowest BCUT2D eigenvalue weighted by Gasteiger charge is -2.31. The summed E-state index contributed by atoms with van der Waals surface area (Å²) in [7, 11) is 0. The molecule has 20 heavy (non-hydrogen) atoms. The summed E-state index contributed by atoms with van der Waals surface area (Å²) >= 11 is 0. The van der Waals surface area contributed by atoms with Crippen LogP contribution in [0.1, 0.15) is 42.9 Å². The predicted octanol–water partition coefficient (Wildman–Crippen LogP) is 3.64. The van der Waals surface area contributed by atoms with Crippen molar-refractivity contribution < 1.29 is 4.74 Å². The number of nitrogens with one attached hydrogen (secondary N) is 1. The van der Waals surface area contributed by atoms with Crippen molar-refractivity contribution >= 4 is 0 Å². The van der Waals surface area contributed by atoms with Crippen LogP contribution < -0.4 is 5.32 Å². The molecule has 1 aromatic carbocycles. The summed E-state index contributed by atoms with van der Waals surface area (Å²) in [5.74, 6) is 0.664. The Kier molecular flexibility index (Phi) is 6.06. The molecule has 0 saturated carbocycles. The Balaban J connectivity index is 2.03. The van der Waals surface area contributed by atoms with E-state index in [1.165, 1.54) is 36.0 Å². The zero-order valence-corrected chi connectivity index (χ0v) is 13.2. The van der Waals surface area contributed by atoms with Gasteiger partial charge in [0.05, 0.1) is 6.61 Å². The lowest BCUT2D eigenvalue weighted by Crippen LogP contribution is -2.42. The van der Waals surface area contributed by atoms with E-state index < -0.39 is 0 Å². The van der Waals surface area contributed by atoms with Crippen molar-refractivity contribution in [3.63, 3.8) is 0 Å². The van der Waals surface area contributed by atoms with Crippen molar-refractivity contribution in [2.24, 2.45) is 5.92 Å². The maximum absolute atomic E-state index is 5.68. The number of ether oxygens (including phenoxy) is 1. The van der Waals surface area contributed by atoms with Crippen molar-refractivity contribution in [3.05, 3.63) is 34.9 Å². The van der Waals surface area contributed by atoms with Gasteiger partial charge in [0, 0.05) is 12.6 Å². The molecule has 2 rings (SSSR count). The third kappa shape index (κ3) is 4.32. The second kappa shape index (κ2) is 7.80. The van der Waals surface area contributed by atoms with E-state index in [-0.39, 0.29) is 0 Å². The monoisotopic (exact) mass is 275 g/mol. The number of hydrogen-bond donors (Lipinski definition) is 1. The Labute approximate surface area is 123 Å². The van der Waals surface area contributed by atoms with Crippen LogP contribution in [0, 0.1) is 19.8 Å². The summed E-state index contributed by atoms with van der Waals surface area (Å²) < 4.78 is 5.68. The van der Waals surface area contributed by atoms with Crippen LogP contribution in [0.15, 0.2) is 18.2 Å². The topological polar surface area (TPSA) is 21.3 Å². The van der Waals surface area contributed by atoms with E-state index in [1.807, 2.05) is 0 Å². The molecular weight excluding hydrogens is 246 g/mol. The van der Waals surface area contributed by atoms with Crippen molar-refractivity contribution in [2.45, 2.75) is 52.5 Å². The molecule has 1 N–H and O–H groups in total. The van der Waals surface area contributed by atoms with Gasteiger partial charge in [0.25, 0.3) is 0 Å². The molecule has 2 atom stereocenters. The standard InChI is InChI=1S/C18H29NO/c1-4-9-19-18(17-6-5-10-20-13-17)12-16-8-7-14(2)15(3)11-16/h7-8,11,17-19H,4-6,9-10,12-13H2,1-3H3. The first kappa shape index (κ1) is 15.5. The van der Waals surface area contributed by atoms with Crippen molar-refractivity contribution in [1.29, 1.82) is 0 Å². The van der Waals surface area contributed by atoms with E-state index in [1.54, 1.807) is 0 Å². The predicted molar refractivity (Wildman–Crippen MR) is 85.2 cm³/mol. The number of rotatable bonds is 6. The molecule has 0 aliphatic carbocycles. The molecule has 0 spiro atoms. The fourth-order valence-electron chi connectivity index (χ4n) is 3.00. The van der Waals surface area contributed by atoms with Crippen LogP contribution in [-0.4, -0.2) is 25.8 Å². The first-order valence-electron chi connectivity index (χ1n) is 8.08. The summed E-state index contributed by atoms with van der Waals surface area (Å²) in [5, 5.41) is 3.74. The maximum atomic E-state index is 5.68. The van der Waals surface area contributed by atoms with Crippen LogP contribution in [0.5, 0.6) is 0 Å². The highest BCUT2D eigenvalue weighted by atomic mass is 16.5. The fourth-order valence-corrected chi connectivity index (χ4v) is 3.00. The highest BCUT2D eigenvalue weighted by molar-refractivity contribution is 5.30. The number of benzene rings is 1. The molecule has 2 nitrogen and oxygen atoms in total. The van der Waals surface area contributed by atoms with Crippen molar-refractivity contribution in [3.8, 4) is 0 Å². The van der Waals surface area contributed by atoms with Gasteiger partial charge in [-0.3, -0.25) is 0 Å². The summed E-state index contributed by atoms with van der Waals surface area (Å²) in [6, 6.07) is 7.43. The van der Waals surface area contributed by atoms with Crippen LogP contribution >= 0.6 is 0 Å². The SMILES string of the molecule is CCCNC(Cc1ccc(C)c(C)c1)C1CCCOC1. The molecule has 112 valence electrons. The molecule has 1 fully saturated rings. The zero-order chi connectivity index (χ0) is 14.4. The van der Waals surface area contributed by atoms with E-state index in [4.69, 9.17) is 4.74 Å². The Bertz CT molecular complexity index is 410. The molecule has 1 aliphatic rings. The zero-order valence-electron chi connectivity index (χ0n) is 13.2. The smallest absolute Gasteiger partial charge is 0.0509 e. The van der Waals surface area contributed by atoms with E-state index in [9.17, 15) is 0 Å². The summed E-state index contributed by atoms with van der Waals surface area (Å²) in [5.41, 5.74) is 4.23. The van der Waals surface area contributed by atoms with Crippen LogP contribution in [0.25, 0.3) is 0 Å². The van der Waals surface area contributed by atoms with Gasteiger partial charge in [-0.15, -0.1) is 0 Å². The van der Waals surface area contributed by atoms with Gasteiger partial charge in [-0.25, -0.2) is 0 Å². The summed E-state index contributed by atoms with van der Waals surface area (Å²) in [6.45, 7) is 9.59. The molecule has 0 radical (unpaired) electrons. The largest absolute Gasteiger partial charge is 0.381 e. The van der Waals surface area contributed by atoms with E-state index in [0.29, 0.717) is 12.0 Å².